The van der Waals surface area contributed by atoms with Crippen molar-refractivity contribution in [1.82, 2.24) is 19.9 Å². The van der Waals surface area contributed by atoms with Gasteiger partial charge in [-0.05, 0) is 159 Å². The average molecular weight is 667 g/mol. The van der Waals surface area contributed by atoms with Gasteiger partial charge in [-0.25, -0.2) is 4.98 Å². The summed E-state index contributed by atoms with van der Waals surface area (Å²) in [6.45, 7) is 16.2. The summed E-state index contributed by atoms with van der Waals surface area (Å²) in [6, 6.07) is 4.07. The first-order valence-corrected chi connectivity index (χ1v) is 20.2. The number of aliphatic hydroxyl groups excluding tert-OH is 1. The lowest BCUT2D eigenvalue weighted by molar-refractivity contribution is -0.249. The Kier molecular flexibility index (Phi) is 7.12. The monoisotopic (exact) mass is 666 g/mol. The number of carbonyl (C=O) groups is 1. The minimum absolute atomic E-state index is 0.0175. The van der Waals surface area contributed by atoms with E-state index >= 15 is 4.79 Å². The molecule has 0 spiro atoms. The largest absolute Gasteiger partial charge is 0.393 e. The second-order valence-corrected chi connectivity index (χ2v) is 20.1. The predicted octanol–water partition coefficient (Wildman–Crippen LogP) is 9.38. The number of nitrogens with one attached hydrogen (secondary N) is 1. The number of fused-ring (bicyclic) bond motifs is 7. The van der Waals surface area contributed by atoms with Gasteiger partial charge in [-0.2, -0.15) is 0 Å². The lowest BCUT2D eigenvalue weighted by atomic mass is 9.32. The Balaban J connectivity index is 1.06. The van der Waals surface area contributed by atoms with Crippen LogP contribution in [0.15, 0.2) is 30.7 Å². The Bertz CT molecular complexity index is 1610. The van der Waals surface area contributed by atoms with Crippen LogP contribution in [-0.2, 0) is 4.79 Å². The molecule has 6 heteroatoms. The molecule has 0 bridgehead atoms. The number of likely N-dealkylation sites (tertiary alicyclic amines) is 1. The maximum Gasteiger partial charge on any atom is 0.229 e. The van der Waals surface area contributed by atoms with Crippen LogP contribution in [0.1, 0.15) is 143 Å². The number of H-pyrrole nitrogens is 1. The van der Waals surface area contributed by atoms with E-state index in [1.54, 1.807) is 6.20 Å². The van der Waals surface area contributed by atoms with Crippen LogP contribution in [0.4, 0.5) is 0 Å². The molecule has 1 amide bonds. The molecule has 49 heavy (non-hydrogen) atoms. The fourth-order valence-electron chi connectivity index (χ4n) is 15.1. The smallest absolute Gasteiger partial charge is 0.229 e. The van der Waals surface area contributed by atoms with Crippen molar-refractivity contribution in [1.29, 1.82) is 0 Å². The second kappa shape index (κ2) is 10.7. The first-order valence-electron chi connectivity index (χ1n) is 20.2. The van der Waals surface area contributed by atoms with Crippen molar-refractivity contribution in [3.63, 3.8) is 0 Å². The summed E-state index contributed by atoms with van der Waals surface area (Å²) >= 11 is 0. The van der Waals surface area contributed by atoms with Gasteiger partial charge in [0.2, 0.25) is 5.91 Å². The van der Waals surface area contributed by atoms with Crippen LogP contribution in [-0.4, -0.2) is 43.5 Å². The molecule has 0 radical (unpaired) electrons. The lowest BCUT2D eigenvalue weighted by Crippen LogP contribution is -2.67. The van der Waals surface area contributed by atoms with Gasteiger partial charge in [-0.3, -0.25) is 9.78 Å². The zero-order valence-electron chi connectivity index (χ0n) is 31.2. The van der Waals surface area contributed by atoms with Gasteiger partial charge in [0.05, 0.1) is 29.5 Å². The third-order valence-corrected chi connectivity index (χ3v) is 18.2. The van der Waals surface area contributed by atoms with Gasteiger partial charge < -0.3 is 15.0 Å². The van der Waals surface area contributed by atoms with Crippen molar-refractivity contribution < 1.29 is 9.90 Å². The Morgan fingerprint density at radius 1 is 0.837 bits per heavy atom. The van der Waals surface area contributed by atoms with Crippen LogP contribution < -0.4 is 0 Å². The molecule has 6 nitrogen and oxygen atoms in total. The van der Waals surface area contributed by atoms with Crippen LogP contribution in [0.25, 0.3) is 11.3 Å². The van der Waals surface area contributed by atoms with Crippen molar-refractivity contribution in [3.8, 4) is 11.3 Å². The maximum atomic E-state index is 15.5. The fourth-order valence-corrected chi connectivity index (χ4v) is 15.1. The van der Waals surface area contributed by atoms with E-state index in [4.69, 9.17) is 4.98 Å². The number of imidazole rings is 1. The van der Waals surface area contributed by atoms with E-state index in [0.717, 1.165) is 55.7 Å². The number of pyridine rings is 1. The van der Waals surface area contributed by atoms with Gasteiger partial charge in [0.15, 0.2) is 0 Å². The molecule has 3 heterocycles. The first-order chi connectivity index (χ1) is 23.3. The minimum atomic E-state index is -0.233. The zero-order valence-corrected chi connectivity index (χ0v) is 31.2. The van der Waals surface area contributed by atoms with Gasteiger partial charge >= 0.3 is 0 Å². The van der Waals surface area contributed by atoms with Crippen molar-refractivity contribution in [2.24, 2.45) is 62.1 Å². The van der Waals surface area contributed by atoms with Crippen LogP contribution >= 0.6 is 0 Å². The molecule has 2 aromatic heterocycles. The standard InChI is InChI=1S/C43H62N4O2/c1-38(2)32-14-17-42(6)33(40(32,4)16-15-34(38)48)12-11-29-35-28(39(3)19-20-39)13-18-43(35,22-21-41(29,42)5)37(49)47-24-8-10-31(47)36-45-26-30(46-36)27-9-7-23-44-25-27/h7,9,23,25-26,28-29,31-35,48H,8,10-22,24H2,1-6H3,(H,45,46). The van der Waals surface area contributed by atoms with E-state index < -0.39 is 0 Å². The highest BCUT2D eigenvalue weighted by atomic mass is 16.3. The van der Waals surface area contributed by atoms with Crippen LogP contribution in [0, 0.1) is 62.1 Å². The summed E-state index contributed by atoms with van der Waals surface area (Å²) in [7, 11) is 0. The van der Waals surface area contributed by atoms with Crippen LogP contribution in [0.2, 0.25) is 0 Å². The molecule has 2 aromatic rings. The van der Waals surface area contributed by atoms with Crippen molar-refractivity contribution in [2.75, 3.05) is 6.54 Å². The Morgan fingerprint density at radius 2 is 1.65 bits per heavy atom. The van der Waals surface area contributed by atoms with E-state index in [0.29, 0.717) is 40.9 Å². The molecule has 7 fully saturated rings. The third-order valence-electron chi connectivity index (χ3n) is 18.2. The van der Waals surface area contributed by atoms with Crippen molar-refractivity contribution >= 4 is 5.91 Å². The molecule has 266 valence electrons. The number of nitrogens with zero attached hydrogens (tertiary/aromatic N) is 3. The molecule has 2 N–H and O–H groups in total. The third kappa shape index (κ3) is 4.31. The number of aliphatic hydroxyl groups is 1. The number of rotatable bonds is 4. The minimum Gasteiger partial charge on any atom is -0.393 e. The second-order valence-electron chi connectivity index (χ2n) is 20.1. The Morgan fingerprint density at radius 3 is 2.41 bits per heavy atom. The Hall–Kier alpha value is -2.21. The summed E-state index contributed by atoms with van der Waals surface area (Å²) in [5, 5.41) is 11.2. The van der Waals surface area contributed by atoms with E-state index in [1.165, 1.54) is 57.8 Å². The molecule has 11 atom stereocenters. The molecular formula is C43H62N4O2. The number of aromatic nitrogens is 3. The summed E-state index contributed by atoms with van der Waals surface area (Å²) in [5.74, 6) is 4.47. The van der Waals surface area contributed by atoms with Crippen molar-refractivity contribution in [2.45, 2.75) is 144 Å². The summed E-state index contributed by atoms with van der Waals surface area (Å²) in [4.78, 5) is 30.6. The summed E-state index contributed by atoms with van der Waals surface area (Å²) < 4.78 is 0. The normalized spacial score (nSPS) is 46.3. The molecule has 11 unspecified atom stereocenters. The van der Waals surface area contributed by atoms with Gasteiger partial charge in [0.1, 0.15) is 5.82 Å². The molecule has 1 aliphatic heterocycles. The molecule has 9 rings (SSSR count). The quantitative estimate of drug-likeness (QED) is 0.341. The molecule has 6 aliphatic carbocycles. The molecule has 1 saturated heterocycles. The number of aromatic amines is 1. The molecular weight excluding hydrogens is 604 g/mol. The SMILES string of the molecule is CC1(C2CCC3(C(=O)N4CCCC4c4ncc(-c5cccnc5)[nH]4)CCC4(C)C(CCC5C6(C)CCC(O)C(C)(C)C6CCC54C)C23)CC1. The lowest BCUT2D eigenvalue weighted by Gasteiger charge is -2.73. The first kappa shape index (κ1) is 32.7. The highest BCUT2D eigenvalue weighted by molar-refractivity contribution is 5.84. The van der Waals surface area contributed by atoms with Crippen LogP contribution in [0.5, 0.6) is 0 Å². The van der Waals surface area contributed by atoms with Crippen LogP contribution in [0.3, 0.4) is 0 Å². The van der Waals surface area contributed by atoms with Gasteiger partial charge in [0, 0.05) is 24.5 Å². The van der Waals surface area contributed by atoms with E-state index in [9.17, 15) is 5.11 Å². The van der Waals surface area contributed by atoms with E-state index in [2.05, 4.69) is 62.5 Å². The Labute approximate surface area is 295 Å². The molecule has 0 aromatic carbocycles. The number of hydrogen-bond donors (Lipinski definition) is 2. The highest BCUT2D eigenvalue weighted by Crippen LogP contribution is 2.79. The van der Waals surface area contributed by atoms with Gasteiger partial charge in [-0.1, -0.05) is 41.5 Å². The molecule has 7 aliphatic rings. The number of carbonyl (C=O) groups excluding carboxylic acids is 1. The maximum absolute atomic E-state index is 15.5. The topological polar surface area (TPSA) is 82.1 Å². The number of amides is 1. The van der Waals surface area contributed by atoms with Gasteiger partial charge in [0.25, 0.3) is 0 Å². The van der Waals surface area contributed by atoms with E-state index in [-0.39, 0.29) is 39.2 Å². The van der Waals surface area contributed by atoms with Gasteiger partial charge in [-0.15, -0.1) is 0 Å². The fraction of sp³-hybridized carbons (Fsp3) is 0.791. The average Bonchev–Trinajstić information content (AvgIpc) is 3.48. The summed E-state index contributed by atoms with van der Waals surface area (Å²) in [6.07, 6.45) is 21.9. The van der Waals surface area contributed by atoms with E-state index in [1.807, 2.05) is 18.5 Å². The predicted molar refractivity (Wildman–Crippen MR) is 193 cm³/mol. The summed E-state index contributed by atoms with van der Waals surface area (Å²) in [5.41, 5.74) is 3.00. The van der Waals surface area contributed by atoms with Crippen molar-refractivity contribution in [3.05, 3.63) is 36.5 Å². The zero-order chi connectivity index (χ0) is 34.2. The number of hydrogen-bond acceptors (Lipinski definition) is 4. The molecule has 6 saturated carbocycles. The highest BCUT2D eigenvalue weighted by Gasteiger charge is 2.73.